The molecular weight excluding hydrogens is 248 g/mol. The van der Waals surface area contributed by atoms with Gasteiger partial charge in [-0.05, 0) is 31.9 Å². The fourth-order valence-corrected chi connectivity index (χ4v) is 3.83. The van der Waals surface area contributed by atoms with Crippen molar-refractivity contribution < 1.29 is 8.42 Å². The van der Waals surface area contributed by atoms with E-state index in [0.29, 0.717) is 24.3 Å². The highest BCUT2D eigenvalue weighted by atomic mass is 32.2. The van der Waals surface area contributed by atoms with Crippen LogP contribution in [0.3, 0.4) is 0 Å². The number of nitrogen functional groups attached to an aromatic ring is 1. The third-order valence-electron chi connectivity index (χ3n) is 3.24. The summed E-state index contributed by atoms with van der Waals surface area (Å²) in [4.78, 5) is 0.248. The van der Waals surface area contributed by atoms with Crippen molar-refractivity contribution in [1.29, 1.82) is 0 Å². The van der Waals surface area contributed by atoms with Crippen molar-refractivity contribution in [2.45, 2.75) is 25.2 Å². The number of anilines is 1. The molecule has 0 bridgehead atoms. The number of sulfonamides is 1. The third kappa shape index (κ3) is 2.28. The summed E-state index contributed by atoms with van der Waals surface area (Å²) in [6.07, 6.45) is 2.74. The molecule has 0 aliphatic carbocycles. The first kappa shape index (κ1) is 13.1. The molecule has 98 valence electrons. The van der Waals surface area contributed by atoms with E-state index in [1.807, 2.05) is 13.0 Å². The lowest BCUT2D eigenvalue weighted by atomic mass is 10.1. The molecule has 0 spiro atoms. The molecule has 0 radical (unpaired) electrons. The second-order valence-corrected chi connectivity index (χ2v) is 6.53. The summed E-state index contributed by atoms with van der Waals surface area (Å²) < 4.78 is 26.6. The third-order valence-corrected chi connectivity index (χ3v) is 5.32. The van der Waals surface area contributed by atoms with E-state index in [4.69, 9.17) is 5.73 Å². The Kier molecular flexibility index (Phi) is 3.45. The molecule has 1 heterocycles. The number of benzene rings is 1. The standard InChI is InChI=1S/C13H18N2O2S/c1-10-6-8-15(9-7-10)18(16,17)13-11(2)4-3-5-12(13)14/h3-6H,7-9,14H2,1-2H3. The monoisotopic (exact) mass is 266 g/mol. The Hall–Kier alpha value is -1.33. The van der Waals surface area contributed by atoms with Gasteiger partial charge in [-0.25, -0.2) is 8.42 Å². The normalized spacial score (nSPS) is 17.6. The molecule has 0 unspecified atom stereocenters. The largest absolute Gasteiger partial charge is 0.398 e. The van der Waals surface area contributed by atoms with E-state index in [1.165, 1.54) is 9.88 Å². The lowest BCUT2D eigenvalue weighted by molar-refractivity contribution is 0.431. The number of rotatable bonds is 2. The molecule has 0 fully saturated rings. The molecule has 0 aromatic heterocycles. The number of aryl methyl sites for hydroxylation is 1. The van der Waals surface area contributed by atoms with Crippen molar-refractivity contribution in [3.8, 4) is 0 Å². The molecule has 5 heteroatoms. The van der Waals surface area contributed by atoms with Crippen LogP contribution in [0.2, 0.25) is 0 Å². The highest BCUT2D eigenvalue weighted by Crippen LogP contribution is 2.27. The van der Waals surface area contributed by atoms with Gasteiger partial charge in [-0.2, -0.15) is 4.31 Å². The van der Waals surface area contributed by atoms with E-state index >= 15 is 0 Å². The summed E-state index contributed by atoms with van der Waals surface area (Å²) in [5, 5.41) is 0. The van der Waals surface area contributed by atoms with Crippen LogP contribution in [-0.2, 0) is 10.0 Å². The first-order valence-corrected chi connectivity index (χ1v) is 7.38. The Morgan fingerprint density at radius 1 is 1.28 bits per heavy atom. The molecular formula is C13H18N2O2S. The minimum Gasteiger partial charge on any atom is -0.398 e. The molecule has 1 aromatic rings. The van der Waals surface area contributed by atoms with E-state index in [2.05, 4.69) is 0 Å². The van der Waals surface area contributed by atoms with Crippen LogP contribution in [0.25, 0.3) is 0 Å². The average Bonchev–Trinajstić information content (AvgIpc) is 2.29. The molecule has 2 rings (SSSR count). The van der Waals surface area contributed by atoms with Gasteiger partial charge < -0.3 is 5.73 Å². The van der Waals surface area contributed by atoms with E-state index in [0.717, 1.165) is 6.42 Å². The highest BCUT2D eigenvalue weighted by Gasteiger charge is 2.28. The van der Waals surface area contributed by atoms with Crippen LogP contribution in [0.4, 0.5) is 5.69 Å². The second-order valence-electron chi connectivity index (χ2n) is 4.66. The predicted molar refractivity (Wildman–Crippen MR) is 72.7 cm³/mol. The van der Waals surface area contributed by atoms with Crippen molar-refractivity contribution >= 4 is 15.7 Å². The first-order chi connectivity index (χ1) is 8.43. The molecule has 0 atom stereocenters. The van der Waals surface area contributed by atoms with E-state index in [1.54, 1.807) is 25.1 Å². The van der Waals surface area contributed by atoms with Gasteiger partial charge in [0.15, 0.2) is 0 Å². The van der Waals surface area contributed by atoms with E-state index in [9.17, 15) is 8.42 Å². The van der Waals surface area contributed by atoms with Crippen molar-refractivity contribution in [3.63, 3.8) is 0 Å². The highest BCUT2D eigenvalue weighted by molar-refractivity contribution is 7.89. The molecule has 1 aliphatic heterocycles. The topological polar surface area (TPSA) is 63.4 Å². The Balaban J connectivity index is 2.43. The van der Waals surface area contributed by atoms with Crippen LogP contribution in [0.1, 0.15) is 18.9 Å². The summed E-state index contributed by atoms with van der Waals surface area (Å²) in [5.41, 5.74) is 8.07. The number of nitrogens with zero attached hydrogens (tertiary/aromatic N) is 1. The fourth-order valence-electron chi connectivity index (χ4n) is 2.13. The minimum absolute atomic E-state index is 0.248. The lowest BCUT2D eigenvalue weighted by Gasteiger charge is -2.26. The van der Waals surface area contributed by atoms with Crippen molar-refractivity contribution in [3.05, 3.63) is 35.4 Å². The summed E-state index contributed by atoms with van der Waals surface area (Å²) in [7, 11) is -3.48. The van der Waals surface area contributed by atoms with Crippen LogP contribution >= 0.6 is 0 Å². The van der Waals surface area contributed by atoms with Gasteiger partial charge in [0, 0.05) is 13.1 Å². The van der Waals surface area contributed by atoms with Crippen LogP contribution in [0, 0.1) is 6.92 Å². The van der Waals surface area contributed by atoms with Crippen LogP contribution in [-0.4, -0.2) is 25.8 Å². The van der Waals surface area contributed by atoms with Crippen LogP contribution in [0.15, 0.2) is 34.7 Å². The van der Waals surface area contributed by atoms with E-state index < -0.39 is 10.0 Å². The molecule has 1 aliphatic rings. The van der Waals surface area contributed by atoms with Crippen molar-refractivity contribution in [2.24, 2.45) is 0 Å². The van der Waals surface area contributed by atoms with E-state index in [-0.39, 0.29) is 4.90 Å². The summed E-state index contributed by atoms with van der Waals surface area (Å²) in [5.74, 6) is 0. The van der Waals surface area contributed by atoms with Gasteiger partial charge >= 0.3 is 0 Å². The Labute approximate surface area is 108 Å². The van der Waals surface area contributed by atoms with Gasteiger partial charge in [-0.3, -0.25) is 0 Å². The summed E-state index contributed by atoms with van der Waals surface area (Å²) in [6.45, 7) is 4.75. The van der Waals surface area contributed by atoms with Gasteiger partial charge in [-0.1, -0.05) is 23.8 Å². The summed E-state index contributed by atoms with van der Waals surface area (Å²) in [6, 6.07) is 5.17. The quantitative estimate of drug-likeness (QED) is 0.657. The molecule has 0 saturated heterocycles. The Morgan fingerprint density at radius 2 is 2.00 bits per heavy atom. The smallest absolute Gasteiger partial charge is 0.245 e. The Bertz CT molecular complexity index is 571. The SMILES string of the molecule is CC1=CCN(S(=O)(=O)c2c(C)cccc2N)CC1. The summed E-state index contributed by atoms with van der Waals surface area (Å²) >= 11 is 0. The molecule has 1 aromatic carbocycles. The zero-order valence-electron chi connectivity index (χ0n) is 10.7. The van der Waals surface area contributed by atoms with Gasteiger partial charge in [0.1, 0.15) is 4.90 Å². The zero-order valence-corrected chi connectivity index (χ0v) is 11.5. The van der Waals surface area contributed by atoms with Gasteiger partial charge in [0.05, 0.1) is 5.69 Å². The predicted octanol–water partition coefficient (Wildman–Crippen LogP) is 1.92. The van der Waals surface area contributed by atoms with Crippen molar-refractivity contribution in [1.82, 2.24) is 4.31 Å². The number of hydrogen-bond acceptors (Lipinski definition) is 3. The minimum atomic E-state index is -3.48. The van der Waals surface area contributed by atoms with Crippen molar-refractivity contribution in [2.75, 3.05) is 18.8 Å². The fraction of sp³-hybridized carbons (Fsp3) is 0.385. The maximum atomic E-state index is 12.6. The van der Waals surface area contributed by atoms with Crippen LogP contribution in [0.5, 0.6) is 0 Å². The lowest BCUT2D eigenvalue weighted by Crippen LogP contribution is -2.35. The number of nitrogens with two attached hydrogens (primary N) is 1. The second kappa shape index (κ2) is 4.74. The molecule has 2 N–H and O–H groups in total. The molecule has 4 nitrogen and oxygen atoms in total. The average molecular weight is 266 g/mol. The van der Waals surface area contributed by atoms with Crippen LogP contribution < -0.4 is 5.73 Å². The molecule has 0 saturated carbocycles. The first-order valence-electron chi connectivity index (χ1n) is 5.94. The Morgan fingerprint density at radius 3 is 2.56 bits per heavy atom. The van der Waals surface area contributed by atoms with Gasteiger partial charge in [-0.15, -0.1) is 0 Å². The number of hydrogen-bond donors (Lipinski definition) is 1. The van der Waals surface area contributed by atoms with Gasteiger partial charge in [0.25, 0.3) is 0 Å². The maximum absolute atomic E-state index is 12.6. The molecule has 0 amide bonds. The molecule has 18 heavy (non-hydrogen) atoms. The zero-order chi connectivity index (χ0) is 13.3. The maximum Gasteiger partial charge on any atom is 0.245 e. The van der Waals surface area contributed by atoms with Gasteiger partial charge in [0.2, 0.25) is 10.0 Å².